The smallest absolute Gasteiger partial charge is 0.327 e. The quantitative estimate of drug-likeness (QED) is 0.823. The van der Waals surface area contributed by atoms with Crippen molar-refractivity contribution in [2.24, 2.45) is 0 Å². The van der Waals surface area contributed by atoms with Gasteiger partial charge in [-0.3, -0.25) is 14.4 Å². The van der Waals surface area contributed by atoms with Crippen LogP contribution in [0.5, 0.6) is 0 Å². The summed E-state index contributed by atoms with van der Waals surface area (Å²) in [7, 11) is 0. The molecular weight excluding hydrogens is 316 g/mol. The fraction of sp³-hybridized carbons (Fsp3) is 0.750. The summed E-state index contributed by atoms with van der Waals surface area (Å²) < 4.78 is 6.77. The number of nitrogens with zero attached hydrogens (tertiary/aromatic N) is 3. The van der Waals surface area contributed by atoms with Crippen LogP contribution in [-0.2, 0) is 22.6 Å². The minimum absolute atomic E-state index is 0. The van der Waals surface area contributed by atoms with E-state index in [-0.39, 0.29) is 24.9 Å². The van der Waals surface area contributed by atoms with Gasteiger partial charge in [0, 0.05) is 43.0 Å². The Balaban J connectivity index is 0.00000264. The molecule has 0 spiro atoms. The molecule has 23 heavy (non-hydrogen) atoms. The predicted molar refractivity (Wildman–Crippen MR) is 92.9 cm³/mol. The summed E-state index contributed by atoms with van der Waals surface area (Å²) in [6.45, 7) is 13.8. The SMILES string of the molecule is CCOC(=O)Cn1nc(C)c(CN2CC(C)NC(C)C2)c1C.Cl. The Kier molecular flexibility index (Phi) is 7.51. The molecular formula is C16H29ClN4O2. The lowest BCUT2D eigenvalue weighted by molar-refractivity contribution is -0.144. The number of halogens is 1. The summed E-state index contributed by atoms with van der Waals surface area (Å²) >= 11 is 0. The Morgan fingerprint density at radius 1 is 1.30 bits per heavy atom. The molecule has 2 rings (SSSR count). The van der Waals surface area contributed by atoms with Crippen molar-refractivity contribution in [3.63, 3.8) is 0 Å². The average molecular weight is 345 g/mol. The first-order chi connectivity index (χ1) is 10.4. The van der Waals surface area contributed by atoms with Crippen LogP contribution in [0.4, 0.5) is 0 Å². The van der Waals surface area contributed by atoms with E-state index in [0.29, 0.717) is 18.7 Å². The van der Waals surface area contributed by atoms with Gasteiger partial charge in [0.2, 0.25) is 0 Å². The molecule has 1 aliphatic heterocycles. The third-order valence-electron chi connectivity index (χ3n) is 4.13. The van der Waals surface area contributed by atoms with Gasteiger partial charge < -0.3 is 10.1 Å². The highest BCUT2D eigenvalue weighted by atomic mass is 35.5. The topological polar surface area (TPSA) is 59.4 Å². The van der Waals surface area contributed by atoms with Gasteiger partial charge in [0.25, 0.3) is 0 Å². The Morgan fingerprint density at radius 3 is 2.48 bits per heavy atom. The van der Waals surface area contributed by atoms with Crippen LogP contribution in [-0.4, -0.2) is 52.4 Å². The maximum Gasteiger partial charge on any atom is 0.327 e. The Hall–Kier alpha value is -1.11. The third kappa shape index (κ3) is 5.19. The van der Waals surface area contributed by atoms with Crippen molar-refractivity contribution in [3.05, 3.63) is 17.0 Å². The molecule has 0 bridgehead atoms. The van der Waals surface area contributed by atoms with E-state index >= 15 is 0 Å². The van der Waals surface area contributed by atoms with Gasteiger partial charge in [-0.1, -0.05) is 0 Å². The highest BCUT2D eigenvalue weighted by molar-refractivity contribution is 5.85. The molecule has 2 unspecified atom stereocenters. The summed E-state index contributed by atoms with van der Waals surface area (Å²) in [6, 6.07) is 0.998. The van der Waals surface area contributed by atoms with Gasteiger partial charge in [-0.05, 0) is 34.6 Å². The molecule has 0 radical (unpaired) electrons. The van der Waals surface area contributed by atoms with Gasteiger partial charge in [0.15, 0.2) is 0 Å². The third-order valence-corrected chi connectivity index (χ3v) is 4.13. The number of hydrogen-bond acceptors (Lipinski definition) is 5. The molecule has 0 aliphatic carbocycles. The molecule has 1 aliphatic rings. The first-order valence-electron chi connectivity index (χ1n) is 8.07. The van der Waals surface area contributed by atoms with Crippen LogP contribution in [0.3, 0.4) is 0 Å². The summed E-state index contributed by atoms with van der Waals surface area (Å²) in [5, 5.41) is 8.06. The van der Waals surface area contributed by atoms with Crippen LogP contribution < -0.4 is 5.32 Å². The van der Waals surface area contributed by atoms with E-state index in [1.807, 2.05) is 20.8 Å². The standard InChI is InChI=1S/C16H28N4O2.ClH/c1-6-22-16(21)10-20-14(5)15(13(4)18-20)9-19-7-11(2)17-12(3)8-19;/h11-12,17H,6-10H2,1-5H3;1H. The molecule has 1 aromatic rings. The fourth-order valence-corrected chi connectivity index (χ4v) is 3.24. The number of hydrogen-bond donors (Lipinski definition) is 1. The number of carbonyl (C=O) groups excluding carboxylic acids is 1. The molecule has 0 saturated carbocycles. The van der Waals surface area contributed by atoms with E-state index < -0.39 is 0 Å². The number of esters is 1. The lowest BCUT2D eigenvalue weighted by Gasteiger charge is -2.36. The van der Waals surface area contributed by atoms with E-state index in [1.165, 1.54) is 5.56 Å². The molecule has 1 aromatic heterocycles. The molecule has 0 amide bonds. The molecule has 2 atom stereocenters. The van der Waals surface area contributed by atoms with Crippen molar-refractivity contribution in [1.29, 1.82) is 0 Å². The first kappa shape index (κ1) is 19.9. The van der Waals surface area contributed by atoms with Gasteiger partial charge >= 0.3 is 5.97 Å². The fourth-order valence-electron chi connectivity index (χ4n) is 3.24. The van der Waals surface area contributed by atoms with E-state index in [9.17, 15) is 4.79 Å². The van der Waals surface area contributed by atoms with Gasteiger partial charge in [0.1, 0.15) is 6.54 Å². The number of aryl methyl sites for hydroxylation is 1. The molecule has 1 N–H and O–H groups in total. The van der Waals surface area contributed by atoms with Crippen molar-refractivity contribution < 1.29 is 9.53 Å². The minimum Gasteiger partial charge on any atom is -0.465 e. The maximum absolute atomic E-state index is 11.7. The van der Waals surface area contributed by atoms with Gasteiger partial charge in [0.05, 0.1) is 12.3 Å². The van der Waals surface area contributed by atoms with Crippen molar-refractivity contribution in [2.75, 3.05) is 19.7 Å². The zero-order valence-corrected chi connectivity index (χ0v) is 15.6. The van der Waals surface area contributed by atoms with Crippen LogP contribution in [0.25, 0.3) is 0 Å². The Bertz CT molecular complexity index is 522. The van der Waals surface area contributed by atoms with Crippen LogP contribution in [0.2, 0.25) is 0 Å². The number of carbonyl (C=O) groups is 1. The van der Waals surface area contributed by atoms with Crippen LogP contribution in [0.15, 0.2) is 0 Å². The molecule has 1 fully saturated rings. The van der Waals surface area contributed by atoms with E-state index in [2.05, 4.69) is 29.2 Å². The van der Waals surface area contributed by atoms with Crippen LogP contribution in [0.1, 0.15) is 37.7 Å². The summed E-state index contributed by atoms with van der Waals surface area (Å²) in [5.74, 6) is -0.232. The summed E-state index contributed by atoms with van der Waals surface area (Å²) in [6.07, 6.45) is 0. The highest BCUT2D eigenvalue weighted by Crippen LogP contribution is 2.17. The van der Waals surface area contributed by atoms with E-state index in [1.54, 1.807) is 4.68 Å². The number of ether oxygens (including phenoxy) is 1. The zero-order chi connectivity index (χ0) is 16.3. The number of aromatic nitrogens is 2. The minimum atomic E-state index is -0.232. The summed E-state index contributed by atoms with van der Waals surface area (Å²) in [5.41, 5.74) is 3.29. The molecule has 7 heteroatoms. The van der Waals surface area contributed by atoms with Crippen LogP contribution >= 0.6 is 12.4 Å². The number of nitrogens with one attached hydrogen (secondary N) is 1. The monoisotopic (exact) mass is 344 g/mol. The Morgan fingerprint density at radius 2 is 1.91 bits per heavy atom. The number of rotatable bonds is 5. The molecule has 132 valence electrons. The maximum atomic E-state index is 11.7. The van der Waals surface area contributed by atoms with Crippen molar-refractivity contribution >= 4 is 18.4 Å². The van der Waals surface area contributed by atoms with Crippen LogP contribution in [0, 0.1) is 13.8 Å². The summed E-state index contributed by atoms with van der Waals surface area (Å²) in [4.78, 5) is 14.1. The average Bonchev–Trinajstić information content (AvgIpc) is 2.65. The van der Waals surface area contributed by atoms with Crippen molar-refractivity contribution in [2.45, 2.75) is 59.8 Å². The second-order valence-corrected chi connectivity index (χ2v) is 6.27. The number of piperazine rings is 1. The highest BCUT2D eigenvalue weighted by Gasteiger charge is 2.23. The molecule has 0 aromatic carbocycles. The largest absolute Gasteiger partial charge is 0.465 e. The van der Waals surface area contributed by atoms with Gasteiger partial charge in [-0.25, -0.2) is 0 Å². The molecule has 1 saturated heterocycles. The first-order valence-corrected chi connectivity index (χ1v) is 8.07. The van der Waals surface area contributed by atoms with Gasteiger partial charge in [-0.2, -0.15) is 5.10 Å². The van der Waals surface area contributed by atoms with E-state index in [4.69, 9.17) is 4.74 Å². The van der Waals surface area contributed by atoms with Gasteiger partial charge in [-0.15, -0.1) is 12.4 Å². The molecule has 6 nitrogen and oxygen atoms in total. The second kappa shape index (κ2) is 8.66. The lowest BCUT2D eigenvalue weighted by atomic mass is 10.1. The lowest BCUT2D eigenvalue weighted by Crippen LogP contribution is -2.53. The predicted octanol–water partition coefficient (Wildman–Crippen LogP) is 1.67. The van der Waals surface area contributed by atoms with Crippen molar-refractivity contribution in [3.8, 4) is 0 Å². The van der Waals surface area contributed by atoms with E-state index in [0.717, 1.165) is 31.0 Å². The second-order valence-electron chi connectivity index (χ2n) is 6.27. The Labute approximate surface area is 145 Å². The zero-order valence-electron chi connectivity index (χ0n) is 14.8. The normalized spacial score (nSPS) is 21.8. The molecule has 2 heterocycles. The van der Waals surface area contributed by atoms with Crippen molar-refractivity contribution in [1.82, 2.24) is 20.0 Å².